The summed E-state index contributed by atoms with van der Waals surface area (Å²) in [5, 5.41) is 1.27. The summed E-state index contributed by atoms with van der Waals surface area (Å²) in [4.78, 5) is 4.32. The first kappa shape index (κ1) is 8.94. The van der Waals surface area contributed by atoms with E-state index in [2.05, 4.69) is 58.8 Å². The van der Waals surface area contributed by atoms with Gasteiger partial charge in [-0.15, -0.1) is 0 Å². The number of hydrogen-bond acceptors (Lipinski definition) is 1. The molecule has 0 N–H and O–H groups in total. The van der Waals surface area contributed by atoms with Gasteiger partial charge in [0.15, 0.2) is 0 Å². The quantitative estimate of drug-likeness (QED) is 0.574. The predicted octanol–water partition coefficient (Wildman–Crippen LogP) is 3.73. The van der Waals surface area contributed by atoms with E-state index in [1.807, 2.05) is 12.3 Å². The second kappa shape index (κ2) is 3.62. The Balaban J connectivity index is 2.76. The monoisotopic (exact) mass is 283 g/mol. The third-order valence-electron chi connectivity index (χ3n) is 2.11. The van der Waals surface area contributed by atoms with Crippen molar-refractivity contribution in [3.63, 3.8) is 0 Å². The van der Waals surface area contributed by atoms with Crippen molar-refractivity contribution in [2.24, 2.45) is 0 Å². The zero-order valence-electron chi connectivity index (χ0n) is 7.37. The van der Waals surface area contributed by atoms with Crippen LogP contribution in [-0.4, -0.2) is 4.98 Å². The van der Waals surface area contributed by atoms with Gasteiger partial charge in [0.05, 0.1) is 5.52 Å². The second-order valence-corrected chi connectivity index (χ2v) is 4.90. The molecule has 0 aliphatic rings. The molecule has 0 aliphatic carbocycles. The topological polar surface area (TPSA) is 12.9 Å². The van der Waals surface area contributed by atoms with Crippen LogP contribution in [0.4, 0.5) is 0 Å². The van der Waals surface area contributed by atoms with Crippen LogP contribution in [0.5, 0.6) is 0 Å². The van der Waals surface area contributed by atoms with E-state index in [1.165, 1.54) is 10.9 Å². The minimum atomic E-state index is 0.533. The third kappa shape index (κ3) is 1.68. The first-order valence-corrected chi connectivity index (χ1v) is 5.51. The van der Waals surface area contributed by atoms with Crippen LogP contribution in [0.3, 0.4) is 0 Å². The highest BCUT2D eigenvalue weighted by Gasteiger charge is 2.04. The maximum absolute atomic E-state index is 4.32. The fourth-order valence-corrected chi connectivity index (χ4v) is 2.01. The number of pyridine rings is 1. The van der Waals surface area contributed by atoms with Crippen molar-refractivity contribution < 1.29 is 0 Å². The van der Waals surface area contributed by atoms with Crippen molar-refractivity contribution in [2.45, 2.75) is 10.8 Å². The van der Waals surface area contributed by atoms with E-state index in [0.29, 0.717) is 3.92 Å². The lowest BCUT2D eigenvalue weighted by atomic mass is 10.1. The summed E-state index contributed by atoms with van der Waals surface area (Å²) in [6.45, 7) is 2.20. The van der Waals surface area contributed by atoms with E-state index in [-0.39, 0.29) is 0 Å². The summed E-state index contributed by atoms with van der Waals surface area (Å²) >= 11 is 2.43. The zero-order chi connectivity index (χ0) is 9.26. The maximum atomic E-state index is 4.32. The molecule has 66 valence electrons. The van der Waals surface area contributed by atoms with Crippen LogP contribution in [0.15, 0.2) is 36.5 Å². The first-order valence-electron chi connectivity index (χ1n) is 4.27. The summed E-state index contributed by atoms with van der Waals surface area (Å²) in [6.07, 6.45) is 1.88. The number of aromatic nitrogens is 1. The molecule has 1 heterocycles. The number of nitrogens with zero attached hydrogens (tertiary/aromatic N) is 1. The van der Waals surface area contributed by atoms with Gasteiger partial charge in [0.1, 0.15) is 0 Å². The summed E-state index contributed by atoms with van der Waals surface area (Å²) in [6, 6.07) is 10.4. The standard InChI is InChI=1S/C11H10IN/c1-8(12)9-6-7-13-11-5-3-2-4-10(9)11/h2-8H,1H3. The average Bonchev–Trinajstić information content (AvgIpc) is 2.17. The van der Waals surface area contributed by atoms with Crippen LogP contribution >= 0.6 is 22.6 Å². The molecule has 1 atom stereocenters. The van der Waals surface area contributed by atoms with Crippen molar-refractivity contribution >= 4 is 33.5 Å². The number of para-hydroxylation sites is 1. The van der Waals surface area contributed by atoms with Gasteiger partial charge in [0, 0.05) is 15.5 Å². The molecule has 1 nitrogen and oxygen atoms in total. The van der Waals surface area contributed by atoms with Crippen molar-refractivity contribution in [3.8, 4) is 0 Å². The predicted molar refractivity (Wildman–Crippen MR) is 64.2 cm³/mol. The van der Waals surface area contributed by atoms with Crippen molar-refractivity contribution in [2.75, 3.05) is 0 Å². The van der Waals surface area contributed by atoms with Gasteiger partial charge in [0.2, 0.25) is 0 Å². The molecule has 1 unspecified atom stereocenters. The van der Waals surface area contributed by atoms with Crippen molar-refractivity contribution in [1.82, 2.24) is 4.98 Å². The molecule has 2 rings (SSSR count). The molecular formula is C11H10IN. The molecule has 0 spiro atoms. The Bertz CT molecular complexity index is 418. The first-order chi connectivity index (χ1) is 6.29. The van der Waals surface area contributed by atoms with Crippen LogP contribution in [0.2, 0.25) is 0 Å². The number of alkyl halides is 1. The highest BCUT2D eigenvalue weighted by molar-refractivity contribution is 14.1. The molecule has 0 saturated carbocycles. The molecule has 13 heavy (non-hydrogen) atoms. The van der Waals surface area contributed by atoms with Crippen LogP contribution in [0, 0.1) is 0 Å². The van der Waals surface area contributed by atoms with Gasteiger partial charge in [-0.25, -0.2) is 0 Å². The average molecular weight is 283 g/mol. The lowest BCUT2D eigenvalue weighted by Crippen LogP contribution is -1.87. The van der Waals surface area contributed by atoms with Gasteiger partial charge < -0.3 is 0 Å². The largest absolute Gasteiger partial charge is 0.256 e. The van der Waals surface area contributed by atoms with Crippen LogP contribution in [-0.2, 0) is 0 Å². The molecule has 0 radical (unpaired) electrons. The number of halogens is 1. The molecule has 0 aliphatic heterocycles. The molecule has 2 heteroatoms. The molecule has 0 fully saturated rings. The van der Waals surface area contributed by atoms with E-state index in [1.54, 1.807) is 0 Å². The lowest BCUT2D eigenvalue weighted by molar-refractivity contribution is 1.16. The number of hydrogen-bond donors (Lipinski definition) is 0. The fourth-order valence-electron chi connectivity index (χ4n) is 1.46. The molecule has 0 saturated heterocycles. The SMILES string of the molecule is CC(I)c1ccnc2ccccc12. The summed E-state index contributed by atoms with van der Waals surface area (Å²) in [5.74, 6) is 0. The van der Waals surface area contributed by atoms with Crippen molar-refractivity contribution in [1.29, 1.82) is 0 Å². The zero-order valence-corrected chi connectivity index (χ0v) is 9.52. The number of rotatable bonds is 1. The summed E-state index contributed by atoms with van der Waals surface area (Å²) in [5.41, 5.74) is 2.45. The minimum absolute atomic E-state index is 0.533. The third-order valence-corrected chi connectivity index (χ3v) is 2.78. The van der Waals surface area contributed by atoms with Gasteiger partial charge >= 0.3 is 0 Å². The van der Waals surface area contributed by atoms with E-state index in [9.17, 15) is 0 Å². The van der Waals surface area contributed by atoms with Crippen LogP contribution < -0.4 is 0 Å². The molecule has 0 amide bonds. The van der Waals surface area contributed by atoms with Gasteiger partial charge in [-0.3, -0.25) is 4.98 Å². The van der Waals surface area contributed by atoms with E-state index < -0.39 is 0 Å². The molecule has 2 aromatic rings. The lowest BCUT2D eigenvalue weighted by Gasteiger charge is -2.06. The highest BCUT2D eigenvalue weighted by Crippen LogP contribution is 2.28. The maximum Gasteiger partial charge on any atom is 0.0705 e. The number of benzene rings is 1. The Kier molecular flexibility index (Phi) is 2.49. The highest BCUT2D eigenvalue weighted by atomic mass is 127. The smallest absolute Gasteiger partial charge is 0.0705 e. The molecular weight excluding hydrogens is 273 g/mol. The van der Waals surface area contributed by atoms with Crippen molar-refractivity contribution in [3.05, 3.63) is 42.1 Å². The summed E-state index contributed by atoms with van der Waals surface area (Å²) < 4.78 is 0.533. The molecule has 1 aromatic carbocycles. The Hall–Kier alpha value is -0.640. The Morgan fingerprint density at radius 1 is 1.23 bits per heavy atom. The Labute approximate surface area is 91.3 Å². The summed E-state index contributed by atoms with van der Waals surface area (Å²) in [7, 11) is 0. The Morgan fingerprint density at radius 2 is 2.00 bits per heavy atom. The van der Waals surface area contributed by atoms with E-state index in [4.69, 9.17) is 0 Å². The minimum Gasteiger partial charge on any atom is -0.256 e. The molecule has 1 aromatic heterocycles. The van der Waals surface area contributed by atoms with E-state index in [0.717, 1.165) is 5.52 Å². The van der Waals surface area contributed by atoms with Crippen LogP contribution in [0.1, 0.15) is 16.4 Å². The van der Waals surface area contributed by atoms with Gasteiger partial charge in [0.25, 0.3) is 0 Å². The van der Waals surface area contributed by atoms with E-state index >= 15 is 0 Å². The van der Waals surface area contributed by atoms with Gasteiger partial charge in [-0.1, -0.05) is 40.8 Å². The van der Waals surface area contributed by atoms with Gasteiger partial charge in [-0.2, -0.15) is 0 Å². The molecule has 0 bridgehead atoms. The normalized spacial score (nSPS) is 13.1. The second-order valence-electron chi connectivity index (χ2n) is 3.03. The number of fused-ring (bicyclic) bond motifs is 1. The Morgan fingerprint density at radius 3 is 2.77 bits per heavy atom. The fraction of sp³-hybridized carbons (Fsp3) is 0.182. The van der Waals surface area contributed by atoms with Crippen LogP contribution in [0.25, 0.3) is 10.9 Å². The van der Waals surface area contributed by atoms with Gasteiger partial charge in [-0.05, 0) is 24.6 Å².